The van der Waals surface area contributed by atoms with Crippen LogP contribution in [-0.2, 0) is 25.6 Å². The normalized spacial score (nSPS) is 28.4. The summed E-state index contributed by atoms with van der Waals surface area (Å²) in [5, 5.41) is 6.85. The molecule has 2 aromatic rings. The lowest BCUT2D eigenvalue weighted by molar-refractivity contribution is -0.124. The molecule has 222 valence electrons. The molecule has 41 heavy (non-hydrogen) atoms. The summed E-state index contributed by atoms with van der Waals surface area (Å²) in [6.45, 7) is 7.38. The number of carbonyl (C=O) groups is 1. The van der Waals surface area contributed by atoms with Gasteiger partial charge in [-0.3, -0.25) is 4.79 Å². The lowest BCUT2D eigenvalue weighted by Gasteiger charge is -2.39. The van der Waals surface area contributed by atoms with Gasteiger partial charge in [-0.2, -0.15) is 0 Å². The number of piperidine rings is 1. The molecule has 2 saturated heterocycles. The Morgan fingerprint density at radius 1 is 1.10 bits per heavy atom. The van der Waals surface area contributed by atoms with E-state index in [0.29, 0.717) is 31.6 Å². The maximum atomic E-state index is 13.0. The molecule has 0 aromatic heterocycles. The number of anilines is 1. The maximum Gasteiger partial charge on any atom is 0.223 e. The molecule has 1 aliphatic carbocycles. The SMILES string of the molecule is COCCCN1CCOc2ccc(CO[C@H]3CNC[C@@H](CNC(=O)C4[C@H]5COC[C@@H]45)[C@@H]3c3ccc(OC)cc3)cc21. The second kappa shape index (κ2) is 13.0. The third kappa shape index (κ3) is 6.33. The smallest absolute Gasteiger partial charge is 0.223 e. The molecule has 9 heteroatoms. The topological polar surface area (TPSA) is 90.5 Å². The second-order valence-corrected chi connectivity index (χ2v) is 11.7. The third-order valence-electron chi connectivity index (χ3n) is 9.18. The largest absolute Gasteiger partial charge is 0.497 e. The molecule has 1 saturated carbocycles. The van der Waals surface area contributed by atoms with Gasteiger partial charge in [0.15, 0.2) is 0 Å². The minimum absolute atomic E-state index is 0.0437. The molecule has 9 nitrogen and oxygen atoms in total. The van der Waals surface area contributed by atoms with Crippen molar-refractivity contribution in [3.05, 3.63) is 53.6 Å². The van der Waals surface area contributed by atoms with E-state index in [0.717, 1.165) is 75.2 Å². The molecule has 0 spiro atoms. The van der Waals surface area contributed by atoms with Crippen LogP contribution >= 0.6 is 0 Å². The van der Waals surface area contributed by atoms with Gasteiger partial charge in [0.1, 0.15) is 18.1 Å². The summed E-state index contributed by atoms with van der Waals surface area (Å²) >= 11 is 0. The molecule has 0 radical (unpaired) electrons. The molecule has 1 unspecified atom stereocenters. The molecule has 2 aromatic carbocycles. The Morgan fingerprint density at radius 2 is 1.93 bits per heavy atom. The van der Waals surface area contributed by atoms with Gasteiger partial charge in [-0.1, -0.05) is 18.2 Å². The molecule has 6 rings (SSSR count). The van der Waals surface area contributed by atoms with Gasteiger partial charge in [-0.15, -0.1) is 0 Å². The van der Waals surface area contributed by atoms with E-state index < -0.39 is 0 Å². The van der Waals surface area contributed by atoms with Crippen LogP contribution < -0.4 is 25.0 Å². The van der Waals surface area contributed by atoms with Crippen LogP contribution in [-0.4, -0.2) is 85.4 Å². The fourth-order valence-electron chi connectivity index (χ4n) is 6.86. The fourth-order valence-corrected chi connectivity index (χ4v) is 6.86. The number of ether oxygens (including phenoxy) is 5. The quantitative estimate of drug-likeness (QED) is 0.380. The zero-order valence-electron chi connectivity index (χ0n) is 24.2. The lowest BCUT2D eigenvalue weighted by Crippen LogP contribution is -2.50. The van der Waals surface area contributed by atoms with Crippen molar-refractivity contribution in [2.45, 2.75) is 25.0 Å². The van der Waals surface area contributed by atoms with Crippen LogP contribution in [0.2, 0.25) is 0 Å². The highest BCUT2D eigenvalue weighted by atomic mass is 16.5. The van der Waals surface area contributed by atoms with Gasteiger partial charge in [0.05, 0.1) is 45.3 Å². The number of amides is 1. The number of hydrogen-bond donors (Lipinski definition) is 2. The molecule has 2 N–H and O–H groups in total. The number of hydrogen-bond acceptors (Lipinski definition) is 8. The van der Waals surface area contributed by atoms with E-state index in [1.807, 2.05) is 12.1 Å². The number of nitrogens with one attached hydrogen (secondary N) is 2. The Morgan fingerprint density at radius 3 is 2.71 bits per heavy atom. The summed E-state index contributed by atoms with van der Waals surface area (Å²) in [7, 11) is 3.43. The van der Waals surface area contributed by atoms with Gasteiger partial charge < -0.3 is 39.2 Å². The molecule has 6 atom stereocenters. The van der Waals surface area contributed by atoms with Gasteiger partial charge in [-0.05, 0) is 59.6 Å². The third-order valence-corrected chi connectivity index (χ3v) is 9.18. The first-order valence-corrected chi connectivity index (χ1v) is 15.0. The first-order valence-electron chi connectivity index (χ1n) is 15.0. The van der Waals surface area contributed by atoms with E-state index in [-0.39, 0.29) is 29.8 Å². The average Bonchev–Trinajstić information content (AvgIpc) is 3.50. The molecule has 4 aliphatic rings. The Bertz CT molecular complexity index is 1170. The van der Waals surface area contributed by atoms with Crippen LogP contribution in [0.4, 0.5) is 5.69 Å². The van der Waals surface area contributed by atoms with Gasteiger partial charge in [0, 0.05) is 51.7 Å². The fraction of sp³-hybridized carbons (Fsp3) is 0.594. The van der Waals surface area contributed by atoms with Crippen molar-refractivity contribution in [2.75, 3.05) is 78.3 Å². The monoisotopic (exact) mass is 565 g/mol. The summed E-state index contributed by atoms with van der Waals surface area (Å²) in [4.78, 5) is 15.3. The molecule has 3 heterocycles. The first-order chi connectivity index (χ1) is 20.2. The Kier molecular flexibility index (Phi) is 8.95. The van der Waals surface area contributed by atoms with Crippen molar-refractivity contribution in [3.63, 3.8) is 0 Å². The van der Waals surface area contributed by atoms with Crippen molar-refractivity contribution in [3.8, 4) is 11.5 Å². The molecular formula is C32H43N3O6. The Balaban J connectivity index is 1.14. The predicted molar refractivity (Wildman–Crippen MR) is 156 cm³/mol. The van der Waals surface area contributed by atoms with Gasteiger partial charge >= 0.3 is 0 Å². The van der Waals surface area contributed by atoms with E-state index in [1.165, 1.54) is 5.56 Å². The number of fused-ring (bicyclic) bond motifs is 2. The van der Waals surface area contributed by atoms with Crippen molar-refractivity contribution >= 4 is 11.6 Å². The van der Waals surface area contributed by atoms with E-state index >= 15 is 0 Å². The summed E-state index contributed by atoms with van der Waals surface area (Å²) in [6.07, 6.45) is 0.930. The van der Waals surface area contributed by atoms with Crippen molar-refractivity contribution < 1.29 is 28.5 Å². The summed E-state index contributed by atoms with van der Waals surface area (Å²) < 4.78 is 28.8. The molecule has 1 amide bonds. The van der Waals surface area contributed by atoms with Crippen molar-refractivity contribution in [2.24, 2.45) is 23.7 Å². The van der Waals surface area contributed by atoms with Gasteiger partial charge in [-0.25, -0.2) is 0 Å². The molecule has 3 aliphatic heterocycles. The van der Waals surface area contributed by atoms with E-state index in [1.54, 1.807) is 14.2 Å². The van der Waals surface area contributed by atoms with Crippen LogP contribution in [0.3, 0.4) is 0 Å². The molecule has 3 fully saturated rings. The Labute approximate surface area is 242 Å². The van der Waals surface area contributed by atoms with Crippen LogP contribution in [0.25, 0.3) is 0 Å². The lowest BCUT2D eigenvalue weighted by atomic mass is 9.79. The van der Waals surface area contributed by atoms with Gasteiger partial charge in [0.25, 0.3) is 0 Å². The number of methoxy groups -OCH3 is 2. The number of nitrogens with zero attached hydrogens (tertiary/aromatic N) is 1. The van der Waals surface area contributed by atoms with Crippen LogP contribution in [0, 0.1) is 23.7 Å². The minimum Gasteiger partial charge on any atom is -0.497 e. The summed E-state index contributed by atoms with van der Waals surface area (Å²) in [6, 6.07) is 14.7. The highest BCUT2D eigenvalue weighted by molar-refractivity contribution is 5.82. The van der Waals surface area contributed by atoms with E-state index in [2.05, 4.69) is 45.9 Å². The van der Waals surface area contributed by atoms with Crippen LogP contribution in [0.15, 0.2) is 42.5 Å². The highest BCUT2D eigenvalue weighted by Gasteiger charge is 2.58. The van der Waals surface area contributed by atoms with Gasteiger partial charge in [0.2, 0.25) is 5.91 Å². The standard InChI is InChI=1S/C32H43N3O6/c1-37-12-3-10-35-11-13-40-28-9-4-21(14-27(28)35)18-41-29-17-33-15-23(30(29)22-5-7-24(38-2)8-6-22)16-34-32(36)31-25-19-39-20-26(25)31/h4-9,14,23,25-26,29-31,33H,3,10-13,15-20H2,1-2H3,(H,34,36)/t23-,25-,26+,29-,30-,31?/m0/s1. The zero-order chi connectivity index (χ0) is 28.2. The van der Waals surface area contributed by atoms with Crippen molar-refractivity contribution in [1.29, 1.82) is 0 Å². The summed E-state index contributed by atoms with van der Waals surface area (Å²) in [5.41, 5.74) is 3.45. The number of benzene rings is 2. The zero-order valence-corrected chi connectivity index (χ0v) is 24.2. The Hall–Kier alpha value is -2.85. The molecular weight excluding hydrogens is 522 g/mol. The number of rotatable bonds is 12. The van der Waals surface area contributed by atoms with Crippen LogP contribution in [0.5, 0.6) is 11.5 Å². The minimum atomic E-state index is -0.0437. The van der Waals surface area contributed by atoms with E-state index in [4.69, 9.17) is 23.7 Å². The van der Waals surface area contributed by atoms with Crippen LogP contribution in [0.1, 0.15) is 23.5 Å². The second-order valence-electron chi connectivity index (χ2n) is 11.7. The van der Waals surface area contributed by atoms with Crippen molar-refractivity contribution in [1.82, 2.24) is 10.6 Å². The first kappa shape index (κ1) is 28.3. The number of carbonyl (C=O) groups excluding carboxylic acids is 1. The van der Waals surface area contributed by atoms with E-state index in [9.17, 15) is 4.79 Å². The highest BCUT2D eigenvalue weighted by Crippen LogP contribution is 2.50. The average molecular weight is 566 g/mol. The summed E-state index contributed by atoms with van der Waals surface area (Å²) in [5.74, 6) is 3.20. The predicted octanol–water partition coefficient (Wildman–Crippen LogP) is 2.83. The molecule has 0 bridgehead atoms. The maximum absolute atomic E-state index is 13.0.